The second kappa shape index (κ2) is 5.08. The number of hydrogen-bond acceptors (Lipinski definition) is 3. The Morgan fingerprint density at radius 2 is 2.33 bits per heavy atom. The van der Waals surface area contributed by atoms with Gasteiger partial charge in [-0.1, -0.05) is 12.1 Å². The molecule has 1 heterocycles. The monoisotopic (exact) mass is 247 g/mol. The van der Waals surface area contributed by atoms with E-state index < -0.39 is 0 Å². The highest BCUT2D eigenvalue weighted by Crippen LogP contribution is 2.18. The third-order valence-electron chi connectivity index (χ3n) is 3.13. The first-order chi connectivity index (χ1) is 8.56. The molecule has 0 saturated carbocycles. The first kappa shape index (κ1) is 12.4. The number of nitrogen functional groups attached to an aromatic ring is 1. The van der Waals surface area contributed by atoms with Gasteiger partial charge in [0, 0.05) is 18.7 Å². The predicted molar refractivity (Wildman–Crippen MR) is 68.8 cm³/mol. The summed E-state index contributed by atoms with van der Waals surface area (Å²) in [5, 5.41) is 5.55. The molecule has 1 saturated heterocycles. The zero-order chi connectivity index (χ0) is 13.1. The number of nitrogens with one attached hydrogen (secondary N) is 2. The summed E-state index contributed by atoms with van der Waals surface area (Å²) in [7, 11) is 0. The van der Waals surface area contributed by atoms with Gasteiger partial charge in [0.1, 0.15) is 0 Å². The van der Waals surface area contributed by atoms with E-state index in [2.05, 4.69) is 10.6 Å². The Morgan fingerprint density at radius 1 is 1.56 bits per heavy atom. The number of hydrogen-bond donors (Lipinski definition) is 3. The van der Waals surface area contributed by atoms with Gasteiger partial charge in [0.05, 0.1) is 12.0 Å². The number of benzene rings is 1. The highest BCUT2D eigenvalue weighted by Gasteiger charge is 2.25. The lowest BCUT2D eigenvalue weighted by atomic mass is 9.99. The number of amides is 2. The molecule has 2 rings (SSSR count). The van der Waals surface area contributed by atoms with Gasteiger partial charge in [0.25, 0.3) is 0 Å². The van der Waals surface area contributed by atoms with Gasteiger partial charge in [0.2, 0.25) is 11.8 Å². The molecule has 0 aromatic heterocycles. The van der Waals surface area contributed by atoms with Crippen LogP contribution < -0.4 is 16.4 Å². The van der Waals surface area contributed by atoms with E-state index in [4.69, 9.17) is 5.73 Å². The summed E-state index contributed by atoms with van der Waals surface area (Å²) in [6.07, 6.45) is 0.357. The van der Waals surface area contributed by atoms with Crippen LogP contribution in [-0.4, -0.2) is 24.4 Å². The van der Waals surface area contributed by atoms with Crippen LogP contribution in [0.5, 0.6) is 0 Å². The minimum Gasteiger partial charge on any atom is -0.399 e. The number of nitrogens with two attached hydrogens (primary N) is 1. The standard InChI is InChI=1S/C13H17N3O2/c1-8(9-3-2-4-10(14)5-9)13(18)16-11-6-12(17)15-7-11/h2-5,8,11H,6-7,14H2,1H3,(H,15,17)(H,16,18). The summed E-state index contributed by atoms with van der Waals surface area (Å²) in [5.41, 5.74) is 7.21. The Kier molecular flexibility index (Phi) is 3.50. The molecule has 0 spiro atoms. The number of carbonyl (C=O) groups is 2. The highest BCUT2D eigenvalue weighted by molar-refractivity contribution is 5.85. The molecule has 1 fully saturated rings. The zero-order valence-corrected chi connectivity index (χ0v) is 10.3. The molecule has 1 aromatic carbocycles. The first-order valence-corrected chi connectivity index (χ1v) is 5.99. The minimum atomic E-state index is -0.274. The van der Waals surface area contributed by atoms with Gasteiger partial charge in [-0.05, 0) is 24.6 Å². The fraction of sp³-hybridized carbons (Fsp3) is 0.385. The van der Waals surface area contributed by atoms with Crippen LogP contribution in [0.25, 0.3) is 0 Å². The first-order valence-electron chi connectivity index (χ1n) is 5.99. The van der Waals surface area contributed by atoms with Crippen LogP contribution in [-0.2, 0) is 9.59 Å². The van der Waals surface area contributed by atoms with E-state index in [9.17, 15) is 9.59 Å². The van der Waals surface area contributed by atoms with E-state index >= 15 is 0 Å². The van der Waals surface area contributed by atoms with Crippen LogP contribution >= 0.6 is 0 Å². The average molecular weight is 247 g/mol. The van der Waals surface area contributed by atoms with Gasteiger partial charge >= 0.3 is 0 Å². The van der Waals surface area contributed by atoms with Crippen LogP contribution in [0.1, 0.15) is 24.8 Å². The normalized spacial score (nSPS) is 20.3. The van der Waals surface area contributed by atoms with Crippen LogP contribution in [0.3, 0.4) is 0 Å². The maximum Gasteiger partial charge on any atom is 0.227 e. The Hall–Kier alpha value is -2.04. The average Bonchev–Trinajstić information content (AvgIpc) is 2.73. The lowest BCUT2D eigenvalue weighted by Crippen LogP contribution is -2.38. The Balaban J connectivity index is 1.98. The lowest BCUT2D eigenvalue weighted by Gasteiger charge is -2.16. The fourth-order valence-electron chi connectivity index (χ4n) is 2.01. The van der Waals surface area contributed by atoms with Crippen LogP contribution in [0.15, 0.2) is 24.3 Å². The molecule has 1 aromatic rings. The number of rotatable bonds is 3. The maximum absolute atomic E-state index is 12.0. The molecule has 2 amide bonds. The van der Waals surface area contributed by atoms with Gasteiger partial charge < -0.3 is 16.4 Å². The van der Waals surface area contributed by atoms with Gasteiger partial charge in [0.15, 0.2) is 0 Å². The van der Waals surface area contributed by atoms with Crippen LogP contribution in [0.4, 0.5) is 5.69 Å². The highest BCUT2D eigenvalue weighted by atomic mass is 16.2. The Bertz CT molecular complexity index is 473. The molecule has 1 aliphatic rings. The van der Waals surface area contributed by atoms with Crippen molar-refractivity contribution >= 4 is 17.5 Å². The number of carbonyl (C=O) groups excluding carboxylic acids is 2. The van der Waals surface area contributed by atoms with Crippen molar-refractivity contribution in [3.63, 3.8) is 0 Å². The molecular weight excluding hydrogens is 230 g/mol. The molecular formula is C13H17N3O2. The molecule has 2 unspecified atom stereocenters. The maximum atomic E-state index is 12.0. The molecule has 5 nitrogen and oxygen atoms in total. The molecule has 0 bridgehead atoms. The van der Waals surface area contributed by atoms with Crippen molar-refractivity contribution in [1.82, 2.24) is 10.6 Å². The minimum absolute atomic E-state index is 0.0168. The quantitative estimate of drug-likeness (QED) is 0.675. The van der Waals surface area contributed by atoms with Gasteiger partial charge in [-0.25, -0.2) is 0 Å². The van der Waals surface area contributed by atoms with Crippen molar-refractivity contribution in [3.05, 3.63) is 29.8 Å². The molecule has 4 N–H and O–H groups in total. The van der Waals surface area contributed by atoms with Gasteiger partial charge in [-0.3, -0.25) is 9.59 Å². The molecule has 5 heteroatoms. The molecule has 96 valence electrons. The Labute approximate surface area is 106 Å². The molecule has 0 aliphatic carbocycles. The summed E-state index contributed by atoms with van der Waals surface area (Å²) in [4.78, 5) is 23.1. The van der Waals surface area contributed by atoms with Crippen molar-refractivity contribution in [2.75, 3.05) is 12.3 Å². The van der Waals surface area contributed by atoms with E-state index in [1.165, 1.54) is 0 Å². The van der Waals surface area contributed by atoms with E-state index in [0.717, 1.165) is 5.56 Å². The van der Waals surface area contributed by atoms with E-state index in [-0.39, 0.29) is 23.8 Å². The summed E-state index contributed by atoms with van der Waals surface area (Å²) < 4.78 is 0. The van der Waals surface area contributed by atoms with Gasteiger partial charge in [-0.2, -0.15) is 0 Å². The van der Waals surface area contributed by atoms with Crippen molar-refractivity contribution in [3.8, 4) is 0 Å². The summed E-state index contributed by atoms with van der Waals surface area (Å²) in [6.45, 7) is 2.34. The number of anilines is 1. The van der Waals surface area contributed by atoms with Crippen molar-refractivity contribution in [1.29, 1.82) is 0 Å². The van der Waals surface area contributed by atoms with Crippen LogP contribution in [0, 0.1) is 0 Å². The molecule has 1 aliphatic heterocycles. The van der Waals surface area contributed by atoms with E-state index in [0.29, 0.717) is 18.7 Å². The van der Waals surface area contributed by atoms with Gasteiger partial charge in [-0.15, -0.1) is 0 Å². The third kappa shape index (κ3) is 2.80. The SMILES string of the molecule is CC(C(=O)NC1CNC(=O)C1)c1cccc(N)c1. The van der Waals surface area contributed by atoms with Crippen molar-refractivity contribution in [2.45, 2.75) is 25.3 Å². The lowest BCUT2D eigenvalue weighted by molar-refractivity contribution is -0.122. The van der Waals surface area contributed by atoms with Crippen molar-refractivity contribution in [2.24, 2.45) is 0 Å². The Morgan fingerprint density at radius 3 is 2.94 bits per heavy atom. The van der Waals surface area contributed by atoms with E-state index in [1.54, 1.807) is 12.1 Å². The second-order valence-electron chi connectivity index (χ2n) is 4.61. The van der Waals surface area contributed by atoms with E-state index in [1.807, 2.05) is 19.1 Å². The van der Waals surface area contributed by atoms with Crippen molar-refractivity contribution < 1.29 is 9.59 Å². The second-order valence-corrected chi connectivity index (χ2v) is 4.61. The summed E-state index contributed by atoms with van der Waals surface area (Å²) in [6, 6.07) is 7.18. The topological polar surface area (TPSA) is 84.2 Å². The summed E-state index contributed by atoms with van der Waals surface area (Å²) >= 11 is 0. The van der Waals surface area contributed by atoms with Crippen LogP contribution in [0.2, 0.25) is 0 Å². The predicted octanol–water partition coefficient (Wildman–Crippen LogP) is 0.377. The largest absolute Gasteiger partial charge is 0.399 e. The summed E-state index contributed by atoms with van der Waals surface area (Å²) in [5.74, 6) is -0.372. The molecule has 2 atom stereocenters. The zero-order valence-electron chi connectivity index (χ0n) is 10.3. The molecule has 18 heavy (non-hydrogen) atoms. The fourth-order valence-corrected chi connectivity index (χ4v) is 2.01. The third-order valence-corrected chi connectivity index (χ3v) is 3.13. The molecule has 0 radical (unpaired) electrons. The smallest absolute Gasteiger partial charge is 0.227 e.